The first-order valence-electron chi connectivity index (χ1n) is 8.66. The number of fused-ring (bicyclic) bond motifs is 3. The number of benzene rings is 1. The van der Waals surface area contributed by atoms with Crippen molar-refractivity contribution in [3.05, 3.63) is 42.0 Å². The van der Waals surface area contributed by atoms with E-state index in [1.807, 2.05) is 35.2 Å². The van der Waals surface area contributed by atoms with E-state index in [1.54, 1.807) is 0 Å². The van der Waals surface area contributed by atoms with Gasteiger partial charge in [-0.25, -0.2) is 0 Å². The van der Waals surface area contributed by atoms with Gasteiger partial charge >= 0.3 is 0 Å². The molecule has 1 amide bonds. The van der Waals surface area contributed by atoms with Crippen molar-refractivity contribution in [1.82, 2.24) is 19.7 Å². The monoisotopic (exact) mass is 326 g/mol. The zero-order valence-corrected chi connectivity index (χ0v) is 13.9. The molecule has 0 saturated carbocycles. The molecule has 2 aliphatic heterocycles. The van der Waals surface area contributed by atoms with Crippen LogP contribution in [0.1, 0.15) is 31.4 Å². The number of rotatable bonds is 4. The number of carbonyl (C=O) groups is 1. The molecule has 0 N–H and O–H groups in total. The summed E-state index contributed by atoms with van der Waals surface area (Å²) in [5, 5.41) is 8.62. The zero-order valence-electron chi connectivity index (χ0n) is 13.9. The third-order valence-corrected chi connectivity index (χ3v) is 5.05. The van der Waals surface area contributed by atoms with Crippen molar-refractivity contribution >= 4 is 5.91 Å². The standard InChI is InChI=1S/C18H22N4O2/c1-2-16-19-20-17-10-13-8-9-14(11-21(16)17)22(13)18(23)12-24-15-6-4-3-5-7-15/h3-7,13-14H,2,8-12H2,1H3/t13-,14+/m0/s1. The molecule has 6 nitrogen and oxygen atoms in total. The minimum absolute atomic E-state index is 0.0723. The summed E-state index contributed by atoms with van der Waals surface area (Å²) in [6.07, 6.45) is 3.74. The van der Waals surface area contributed by atoms with Gasteiger partial charge in [-0.3, -0.25) is 4.79 Å². The minimum Gasteiger partial charge on any atom is -0.484 e. The van der Waals surface area contributed by atoms with Crippen LogP contribution in [-0.4, -0.2) is 44.3 Å². The van der Waals surface area contributed by atoms with Gasteiger partial charge < -0.3 is 14.2 Å². The first kappa shape index (κ1) is 15.2. The van der Waals surface area contributed by atoms with E-state index in [9.17, 15) is 4.79 Å². The van der Waals surface area contributed by atoms with E-state index in [0.717, 1.165) is 49.6 Å². The molecule has 1 saturated heterocycles. The number of ether oxygens (including phenoxy) is 1. The minimum atomic E-state index is 0.0723. The highest BCUT2D eigenvalue weighted by molar-refractivity contribution is 5.79. The Morgan fingerprint density at radius 2 is 2.00 bits per heavy atom. The predicted molar refractivity (Wildman–Crippen MR) is 88.7 cm³/mol. The average Bonchev–Trinajstić information content (AvgIpc) is 3.13. The van der Waals surface area contributed by atoms with Crippen LogP contribution >= 0.6 is 0 Å². The summed E-state index contributed by atoms with van der Waals surface area (Å²) < 4.78 is 7.87. The summed E-state index contributed by atoms with van der Waals surface area (Å²) in [4.78, 5) is 14.8. The second-order valence-corrected chi connectivity index (χ2v) is 6.49. The lowest BCUT2D eigenvalue weighted by atomic mass is 10.1. The van der Waals surface area contributed by atoms with Gasteiger partial charge in [0.1, 0.15) is 17.4 Å². The van der Waals surface area contributed by atoms with E-state index >= 15 is 0 Å². The van der Waals surface area contributed by atoms with Crippen LogP contribution in [-0.2, 0) is 24.2 Å². The Morgan fingerprint density at radius 1 is 1.21 bits per heavy atom. The van der Waals surface area contributed by atoms with Gasteiger partial charge in [0, 0.05) is 25.4 Å². The Bertz CT molecular complexity index is 728. The number of hydrogen-bond donors (Lipinski definition) is 0. The fourth-order valence-electron chi connectivity index (χ4n) is 3.90. The molecule has 2 atom stereocenters. The summed E-state index contributed by atoms with van der Waals surface area (Å²) in [6, 6.07) is 9.95. The number of amides is 1. The van der Waals surface area contributed by atoms with Crippen molar-refractivity contribution in [2.24, 2.45) is 0 Å². The molecule has 1 fully saturated rings. The molecule has 126 valence electrons. The van der Waals surface area contributed by atoms with E-state index in [-0.39, 0.29) is 24.6 Å². The first-order valence-corrected chi connectivity index (χ1v) is 8.66. The number of aryl methyl sites for hydroxylation is 1. The van der Waals surface area contributed by atoms with Crippen molar-refractivity contribution in [3.63, 3.8) is 0 Å². The fourth-order valence-corrected chi connectivity index (χ4v) is 3.90. The fraction of sp³-hybridized carbons (Fsp3) is 0.500. The number of hydrogen-bond acceptors (Lipinski definition) is 4. The molecule has 0 aliphatic carbocycles. The maximum Gasteiger partial charge on any atom is 0.261 e. The van der Waals surface area contributed by atoms with Crippen LogP contribution in [0.25, 0.3) is 0 Å². The van der Waals surface area contributed by atoms with Crippen LogP contribution in [0.2, 0.25) is 0 Å². The molecule has 24 heavy (non-hydrogen) atoms. The van der Waals surface area contributed by atoms with Crippen LogP contribution in [0.15, 0.2) is 30.3 Å². The van der Waals surface area contributed by atoms with Crippen molar-refractivity contribution in [2.75, 3.05) is 6.61 Å². The molecule has 3 heterocycles. The van der Waals surface area contributed by atoms with Crippen LogP contribution in [0.5, 0.6) is 5.75 Å². The molecule has 0 radical (unpaired) electrons. The number of para-hydroxylation sites is 1. The van der Waals surface area contributed by atoms with Gasteiger partial charge in [0.05, 0.1) is 6.04 Å². The van der Waals surface area contributed by atoms with Crippen molar-refractivity contribution in [3.8, 4) is 5.75 Å². The summed E-state index contributed by atoms with van der Waals surface area (Å²) in [6.45, 7) is 2.99. The highest BCUT2D eigenvalue weighted by Gasteiger charge is 2.40. The predicted octanol–water partition coefficient (Wildman–Crippen LogP) is 1.84. The van der Waals surface area contributed by atoms with Crippen LogP contribution in [0.4, 0.5) is 0 Å². The molecule has 0 unspecified atom stereocenters. The maximum atomic E-state index is 12.8. The molecule has 2 aliphatic rings. The largest absolute Gasteiger partial charge is 0.484 e. The lowest BCUT2D eigenvalue weighted by Gasteiger charge is -2.28. The highest BCUT2D eigenvalue weighted by Crippen LogP contribution is 2.31. The summed E-state index contributed by atoms with van der Waals surface area (Å²) in [5.41, 5.74) is 0. The van der Waals surface area contributed by atoms with Crippen LogP contribution < -0.4 is 4.74 Å². The molecular weight excluding hydrogens is 304 g/mol. The summed E-state index contributed by atoms with van der Waals surface area (Å²) in [5.74, 6) is 2.84. The SMILES string of the molecule is CCc1nnc2n1C[C@H]1CC[C@@H](C2)N1C(=O)COc1ccccc1. The molecule has 1 aromatic heterocycles. The van der Waals surface area contributed by atoms with Gasteiger partial charge in [0.2, 0.25) is 0 Å². The Morgan fingerprint density at radius 3 is 2.79 bits per heavy atom. The number of carbonyl (C=O) groups excluding carboxylic acids is 1. The Labute approximate surface area is 141 Å². The Kier molecular flexibility index (Phi) is 3.96. The third-order valence-electron chi connectivity index (χ3n) is 5.05. The van der Waals surface area contributed by atoms with E-state index in [4.69, 9.17) is 4.74 Å². The molecular formula is C18H22N4O2. The topological polar surface area (TPSA) is 60.2 Å². The molecule has 4 rings (SSSR count). The van der Waals surface area contributed by atoms with E-state index in [0.29, 0.717) is 0 Å². The van der Waals surface area contributed by atoms with Crippen molar-refractivity contribution < 1.29 is 9.53 Å². The van der Waals surface area contributed by atoms with Gasteiger partial charge in [-0.2, -0.15) is 0 Å². The molecule has 6 heteroatoms. The molecule has 0 spiro atoms. The molecule has 2 bridgehead atoms. The Balaban J connectivity index is 1.48. The van der Waals surface area contributed by atoms with Crippen molar-refractivity contribution in [1.29, 1.82) is 0 Å². The first-order chi connectivity index (χ1) is 11.8. The smallest absolute Gasteiger partial charge is 0.261 e. The Hall–Kier alpha value is -2.37. The number of aromatic nitrogens is 3. The van der Waals surface area contributed by atoms with E-state index in [1.165, 1.54) is 0 Å². The summed E-state index contributed by atoms with van der Waals surface area (Å²) in [7, 11) is 0. The van der Waals surface area contributed by atoms with Crippen LogP contribution in [0, 0.1) is 0 Å². The third kappa shape index (κ3) is 2.66. The molecule has 1 aromatic carbocycles. The lowest BCUT2D eigenvalue weighted by Crippen LogP contribution is -2.44. The second kappa shape index (κ2) is 6.26. The maximum absolute atomic E-state index is 12.8. The van der Waals surface area contributed by atoms with Crippen LogP contribution in [0.3, 0.4) is 0 Å². The quantitative estimate of drug-likeness (QED) is 0.860. The number of nitrogens with zero attached hydrogens (tertiary/aromatic N) is 4. The lowest BCUT2D eigenvalue weighted by molar-refractivity contribution is -0.136. The average molecular weight is 326 g/mol. The summed E-state index contributed by atoms with van der Waals surface area (Å²) >= 11 is 0. The van der Waals surface area contributed by atoms with Gasteiger partial charge in [0.25, 0.3) is 5.91 Å². The highest BCUT2D eigenvalue weighted by atomic mass is 16.5. The zero-order chi connectivity index (χ0) is 16.5. The van der Waals surface area contributed by atoms with E-state index in [2.05, 4.69) is 21.7 Å². The normalized spacial score (nSPS) is 22.1. The van der Waals surface area contributed by atoms with Gasteiger partial charge in [-0.05, 0) is 25.0 Å². The van der Waals surface area contributed by atoms with Gasteiger partial charge in [0.15, 0.2) is 6.61 Å². The second-order valence-electron chi connectivity index (χ2n) is 6.49. The molecule has 2 aromatic rings. The van der Waals surface area contributed by atoms with Gasteiger partial charge in [-0.15, -0.1) is 10.2 Å². The van der Waals surface area contributed by atoms with E-state index < -0.39 is 0 Å². The van der Waals surface area contributed by atoms with Gasteiger partial charge in [-0.1, -0.05) is 25.1 Å². The van der Waals surface area contributed by atoms with Crippen molar-refractivity contribution in [2.45, 2.75) is 51.2 Å².